The Labute approximate surface area is 106 Å². The number of ketones is 1. The van der Waals surface area contributed by atoms with Crippen molar-refractivity contribution in [3.63, 3.8) is 0 Å². The molecule has 2 aromatic rings. The number of carbonyl (C=O) groups is 1. The molecule has 0 amide bonds. The highest BCUT2D eigenvalue weighted by Gasteiger charge is 2.21. The summed E-state index contributed by atoms with van der Waals surface area (Å²) in [5, 5.41) is 11.7. The van der Waals surface area contributed by atoms with Gasteiger partial charge in [-0.2, -0.15) is 0 Å². The molecule has 1 N–H and O–H groups in total. The minimum atomic E-state index is -1.09. The molecule has 0 aliphatic heterocycles. The zero-order valence-corrected chi connectivity index (χ0v) is 10.7. The molecule has 1 unspecified atom stereocenters. The van der Waals surface area contributed by atoms with E-state index in [1.54, 1.807) is 30.3 Å². The van der Waals surface area contributed by atoms with Gasteiger partial charge >= 0.3 is 0 Å². The summed E-state index contributed by atoms with van der Waals surface area (Å²) in [6, 6.07) is 10.7. The van der Waals surface area contributed by atoms with Gasteiger partial charge in [-0.1, -0.05) is 30.3 Å². The van der Waals surface area contributed by atoms with Gasteiger partial charge in [0.2, 0.25) is 5.78 Å². The van der Waals surface area contributed by atoms with Gasteiger partial charge in [0.1, 0.15) is 6.10 Å². The van der Waals surface area contributed by atoms with E-state index in [4.69, 9.17) is 0 Å². The van der Waals surface area contributed by atoms with Crippen molar-refractivity contribution in [3.8, 4) is 0 Å². The number of hydrogen-bond acceptors (Lipinski definition) is 3. The third-order valence-corrected chi connectivity index (χ3v) is 4.06. The summed E-state index contributed by atoms with van der Waals surface area (Å²) in [5.74, 6) is -0.270. The topological polar surface area (TPSA) is 37.3 Å². The van der Waals surface area contributed by atoms with Gasteiger partial charge in [-0.3, -0.25) is 4.79 Å². The summed E-state index contributed by atoms with van der Waals surface area (Å²) in [5.41, 5.74) is 0.618. The van der Waals surface area contributed by atoms with E-state index in [1.807, 2.05) is 11.4 Å². The van der Waals surface area contributed by atoms with Crippen LogP contribution in [0.25, 0.3) is 0 Å². The molecule has 0 fully saturated rings. The highest BCUT2D eigenvalue weighted by molar-refractivity contribution is 9.10. The van der Waals surface area contributed by atoms with Crippen molar-refractivity contribution in [1.82, 2.24) is 0 Å². The molecule has 0 saturated carbocycles. The van der Waals surface area contributed by atoms with Crippen LogP contribution in [0.1, 0.15) is 21.3 Å². The van der Waals surface area contributed by atoms with Gasteiger partial charge in [-0.05, 0) is 32.9 Å². The fourth-order valence-electron chi connectivity index (χ4n) is 1.38. The second kappa shape index (κ2) is 4.91. The van der Waals surface area contributed by atoms with E-state index in [2.05, 4.69) is 15.9 Å². The van der Waals surface area contributed by atoms with Crippen LogP contribution in [0.2, 0.25) is 0 Å². The molecule has 1 atom stereocenters. The van der Waals surface area contributed by atoms with E-state index in [1.165, 1.54) is 11.3 Å². The largest absolute Gasteiger partial charge is 0.380 e. The third kappa shape index (κ3) is 2.24. The van der Waals surface area contributed by atoms with Crippen LogP contribution in [-0.4, -0.2) is 10.9 Å². The summed E-state index contributed by atoms with van der Waals surface area (Å²) in [6.07, 6.45) is -1.09. The van der Waals surface area contributed by atoms with Crippen LogP contribution in [0.15, 0.2) is 46.3 Å². The van der Waals surface area contributed by atoms with E-state index in [9.17, 15) is 9.90 Å². The predicted octanol–water partition coefficient (Wildman–Crippen LogP) is 3.43. The van der Waals surface area contributed by atoms with E-state index in [0.717, 1.165) is 4.47 Å². The zero-order chi connectivity index (χ0) is 11.5. The number of halogens is 1. The minimum absolute atomic E-state index is 0.270. The second-order valence-corrected chi connectivity index (χ2v) is 5.05. The van der Waals surface area contributed by atoms with Crippen molar-refractivity contribution >= 4 is 33.0 Å². The first kappa shape index (κ1) is 11.5. The Hall–Kier alpha value is -0.970. The first-order chi connectivity index (χ1) is 7.70. The molecule has 0 spiro atoms. The van der Waals surface area contributed by atoms with Crippen molar-refractivity contribution in [2.75, 3.05) is 0 Å². The zero-order valence-electron chi connectivity index (χ0n) is 8.26. The molecule has 0 bridgehead atoms. The predicted molar refractivity (Wildman–Crippen MR) is 67.8 cm³/mol. The number of Topliss-reactive ketones (excluding diaryl/α,β-unsaturated/α-hetero) is 1. The van der Waals surface area contributed by atoms with Gasteiger partial charge < -0.3 is 5.11 Å². The Morgan fingerprint density at radius 3 is 2.50 bits per heavy atom. The van der Waals surface area contributed by atoms with E-state index in [0.29, 0.717) is 10.4 Å². The summed E-state index contributed by atoms with van der Waals surface area (Å²) >= 11 is 4.61. The van der Waals surface area contributed by atoms with Gasteiger partial charge in [-0.15, -0.1) is 11.3 Å². The van der Waals surface area contributed by atoms with E-state index < -0.39 is 6.10 Å². The van der Waals surface area contributed by atoms with Gasteiger partial charge in [-0.25, -0.2) is 0 Å². The maximum atomic E-state index is 12.0. The Bertz CT molecular complexity index is 493. The van der Waals surface area contributed by atoms with Crippen molar-refractivity contribution < 1.29 is 9.90 Å². The van der Waals surface area contributed by atoms with Crippen LogP contribution in [-0.2, 0) is 0 Å². The Balaban J connectivity index is 2.27. The average molecular weight is 297 g/mol. The number of benzene rings is 1. The molecular weight excluding hydrogens is 288 g/mol. The standard InChI is InChI=1S/C12H9BrO2S/c13-9-6-7-16-12(9)11(15)10(14)8-4-2-1-3-5-8/h1-7,10,14H. The minimum Gasteiger partial charge on any atom is -0.380 e. The van der Waals surface area contributed by atoms with Crippen LogP contribution in [0.4, 0.5) is 0 Å². The molecule has 2 rings (SSSR count). The fourth-order valence-corrected chi connectivity index (χ4v) is 2.91. The molecule has 1 heterocycles. The Morgan fingerprint density at radius 1 is 1.25 bits per heavy atom. The normalized spacial score (nSPS) is 12.4. The second-order valence-electron chi connectivity index (χ2n) is 3.28. The molecule has 1 aromatic carbocycles. The first-order valence-electron chi connectivity index (χ1n) is 4.70. The van der Waals surface area contributed by atoms with Crippen molar-refractivity contribution in [2.45, 2.75) is 6.10 Å². The highest BCUT2D eigenvalue weighted by Crippen LogP contribution is 2.28. The third-order valence-electron chi connectivity index (χ3n) is 2.20. The average Bonchev–Trinajstić information content (AvgIpc) is 2.75. The fraction of sp³-hybridized carbons (Fsp3) is 0.0833. The Kier molecular flexibility index (Phi) is 3.53. The van der Waals surface area contributed by atoms with Crippen molar-refractivity contribution in [1.29, 1.82) is 0 Å². The molecule has 0 saturated heterocycles. The number of rotatable bonds is 3. The SMILES string of the molecule is O=C(c1sccc1Br)C(O)c1ccccc1. The molecule has 0 aliphatic rings. The maximum Gasteiger partial charge on any atom is 0.206 e. The van der Waals surface area contributed by atoms with Gasteiger partial charge in [0.25, 0.3) is 0 Å². The smallest absolute Gasteiger partial charge is 0.206 e. The first-order valence-corrected chi connectivity index (χ1v) is 6.37. The van der Waals surface area contributed by atoms with Crippen LogP contribution < -0.4 is 0 Å². The maximum absolute atomic E-state index is 12.0. The van der Waals surface area contributed by atoms with E-state index >= 15 is 0 Å². The van der Waals surface area contributed by atoms with Gasteiger partial charge in [0.15, 0.2) is 0 Å². The molecule has 2 nitrogen and oxygen atoms in total. The molecular formula is C12H9BrO2S. The van der Waals surface area contributed by atoms with Crippen LogP contribution >= 0.6 is 27.3 Å². The summed E-state index contributed by atoms with van der Waals surface area (Å²) in [6.45, 7) is 0. The van der Waals surface area contributed by atoms with Gasteiger partial charge in [0, 0.05) is 4.47 Å². The van der Waals surface area contributed by atoms with Gasteiger partial charge in [0.05, 0.1) is 4.88 Å². The summed E-state index contributed by atoms with van der Waals surface area (Å²) < 4.78 is 0.734. The molecule has 4 heteroatoms. The number of thiophene rings is 1. The quantitative estimate of drug-likeness (QED) is 0.881. The van der Waals surface area contributed by atoms with Crippen molar-refractivity contribution in [3.05, 3.63) is 56.7 Å². The number of carbonyl (C=O) groups excluding carboxylic acids is 1. The Morgan fingerprint density at radius 2 is 1.94 bits per heavy atom. The summed E-state index contributed by atoms with van der Waals surface area (Å²) in [7, 11) is 0. The molecule has 16 heavy (non-hydrogen) atoms. The molecule has 0 radical (unpaired) electrons. The lowest BCUT2D eigenvalue weighted by molar-refractivity contribution is 0.0751. The lowest BCUT2D eigenvalue weighted by atomic mass is 10.1. The number of aliphatic hydroxyl groups excluding tert-OH is 1. The van der Waals surface area contributed by atoms with Crippen molar-refractivity contribution in [2.24, 2.45) is 0 Å². The number of aliphatic hydroxyl groups is 1. The summed E-state index contributed by atoms with van der Waals surface area (Å²) in [4.78, 5) is 12.5. The van der Waals surface area contributed by atoms with Crippen LogP contribution in [0.3, 0.4) is 0 Å². The monoisotopic (exact) mass is 296 g/mol. The lowest BCUT2D eigenvalue weighted by Crippen LogP contribution is -2.11. The van der Waals surface area contributed by atoms with Crippen LogP contribution in [0, 0.1) is 0 Å². The highest BCUT2D eigenvalue weighted by atomic mass is 79.9. The molecule has 82 valence electrons. The molecule has 1 aromatic heterocycles. The molecule has 0 aliphatic carbocycles. The lowest BCUT2D eigenvalue weighted by Gasteiger charge is -2.08. The van der Waals surface area contributed by atoms with Crippen LogP contribution in [0.5, 0.6) is 0 Å². The van der Waals surface area contributed by atoms with E-state index in [-0.39, 0.29) is 5.78 Å². The number of hydrogen-bond donors (Lipinski definition) is 1.